The van der Waals surface area contributed by atoms with Gasteiger partial charge in [-0.3, -0.25) is 4.79 Å². The molecule has 5 heteroatoms. The molecule has 0 radical (unpaired) electrons. The summed E-state index contributed by atoms with van der Waals surface area (Å²) in [6.45, 7) is 5.76. The highest BCUT2D eigenvalue weighted by Gasteiger charge is 2.16. The van der Waals surface area contributed by atoms with Crippen molar-refractivity contribution in [3.63, 3.8) is 0 Å². The van der Waals surface area contributed by atoms with Crippen LogP contribution in [0.4, 0.5) is 5.13 Å². The van der Waals surface area contributed by atoms with Gasteiger partial charge in [-0.1, -0.05) is 18.3 Å². The minimum Gasteiger partial charge on any atom is -0.383 e. The fourth-order valence-electron chi connectivity index (χ4n) is 1.38. The van der Waals surface area contributed by atoms with Crippen LogP contribution in [0.15, 0.2) is 6.20 Å². The Morgan fingerprint density at radius 1 is 1.69 bits per heavy atom. The first-order valence-corrected chi connectivity index (χ1v) is 6.21. The average Bonchev–Trinajstić information content (AvgIpc) is 2.77. The number of carbonyl (C=O) groups excluding carboxylic acids is 1. The van der Waals surface area contributed by atoms with Crippen molar-refractivity contribution in [3.8, 4) is 0 Å². The molecule has 0 aliphatic rings. The number of carbonyl (C=O) groups is 1. The number of thiazole rings is 1. The van der Waals surface area contributed by atoms with E-state index in [4.69, 9.17) is 4.74 Å². The van der Waals surface area contributed by atoms with Crippen molar-refractivity contribution in [1.29, 1.82) is 0 Å². The molecule has 1 unspecified atom stereocenters. The number of aromatic nitrogens is 1. The van der Waals surface area contributed by atoms with Crippen LogP contribution in [0.25, 0.3) is 0 Å². The van der Waals surface area contributed by atoms with E-state index in [9.17, 15) is 4.79 Å². The second kappa shape index (κ2) is 6.60. The molecular formula is C11H18N2O2S. The van der Waals surface area contributed by atoms with Gasteiger partial charge in [-0.2, -0.15) is 0 Å². The molecule has 1 rings (SSSR count). The van der Waals surface area contributed by atoms with Crippen molar-refractivity contribution in [2.24, 2.45) is 0 Å². The smallest absolute Gasteiger partial charge is 0.186 e. The lowest BCUT2D eigenvalue weighted by Gasteiger charge is -2.27. The first-order valence-electron chi connectivity index (χ1n) is 5.39. The number of rotatable bonds is 7. The summed E-state index contributed by atoms with van der Waals surface area (Å²) < 4.78 is 5.09. The largest absolute Gasteiger partial charge is 0.383 e. The van der Waals surface area contributed by atoms with E-state index in [2.05, 4.69) is 23.7 Å². The lowest BCUT2D eigenvalue weighted by molar-refractivity contribution is 0.112. The maximum atomic E-state index is 10.6. The third-order valence-electron chi connectivity index (χ3n) is 2.53. The summed E-state index contributed by atoms with van der Waals surface area (Å²) in [6.07, 6.45) is 3.50. The predicted octanol–water partition coefficient (Wildman–Crippen LogP) is 2.21. The van der Waals surface area contributed by atoms with E-state index >= 15 is 0 Å². The number of hydrogen-bond donors (Lipinski definition) is 0. The fourth-order valence-corrected chi connectivity index (χ4v) is 2.24. The summed E-state index contributed by atoms with van der Waals surface area (Å²) in [6, 6.07) is 0.404. The lowest BCUT2D eigenvalue weighted by Crippen LogP contribution is -2.35. The number of nitrogens with zero attached hydrogens (tertiary/aromatic N) is 2. The quantitative estimate of drug-likeness (QED) is 0.687. The highest BCUT2D eigenvalue weighted by molar-refractivity contribution is 7.17. The van der Waals surface area contributed by atoms with Crippen molar-refractivity contribution in [2.45, 2.75) is 26.3 Å². The van der Waals surface area contributed by atoms with Gasteiger partial charge in [0.25, 0.3) is 0 Å². The Labute approximate surface area is 100 Å². The molecule has 0 saturated heterocycles. The number of methoxy groups -OCH3 is 1. The second-order valence-corrected chi connectivity index (χ2v) is 4.65. The minimum atomic E-state index is 0.404. The monoisotopic (exact) mass is 242 g/mol. The molecule has 0 spiro atoms. The van der Waals surface area contributed by atoms with E-state index in [1.54, 1.807) is 13.3 Å². The molecule has 0 saturated carbocycles. The Morgan fingerprint density at radius 3 is 2.94 bits per heavy atom. The second-order valence-electron chi connectivity index (χ2n) is 3.61. The fraction of sp³-hybridized carbons (Fsp3) is 0.636. The summed E-state index contributed by atoms with van der Waals surface area (Å²) in [7, 11) is 1.69. The third kappa shape index (κ3) is 3.28. The van der Waals surface area contributed by atoms with Gasteiger partial charge in [-0.05, 0) is 13.3 Å². The maximum Gasteiger partial charge on any atom is 0.186 e. The van der Waals surface area contributed by atoms with Crippen LogP contribution in [0, 0.1) is 0 Å². The van der Waals surface area contributed by atoms with Crippen molar-refractivity contribution < 1.29 is 9.53 Å². The Kier molecular flexibility index (Phi) is 5.42. The van der Waals surface area contributed by atoms with Crippen molar-refractivity contribution >= 4 is 22.8 Å². The molecule has 4 nitrogen and oxygen atoms in total. The van der Waals surface area contributed by atoms with Gasteiger partial charge in [0.1, 0.15) is 0 Å². The highest BCUT2D eigenvalue weighted by Crippen LogP contribution is 2.23. The van der Waals surface area contributed by atoms with Crippen LogP contribution in [0.2, 0.25) is 0 Å². The van der Waals surface area contributed by atoms with Crippen LogP contribution in [0.5, 0.6) is 0 Å². The molecule has 90 valence electrons. The maximum absolute atomic E-state index is 10.6. The van der Waals surface area contributed by atoms with E-state index in [1.807, 2.05) is 0 Å². The van der Waals surface area contributed by atoms with Crippen LogP contribution in [0.3, 0.4) is 0 Å². The van der Waals surface area contributed by atoms with E-state index in [-0.39, 0.29) is 0 Å². The van der Waals surface area contributed by atoms with Gasteiger partial charge >= 0.3 is 0 Å². The predicted molar refractivity (Wildman–Crippen MR) is 66.5 cm³/mol. The molecular weight excluding hydrogens is 224 g/mol. The Bertz CT molecular complexity index is 328. The number of ether oxygens (including phenoxy) is 1. The van der Waals surface area contributed by atoms with E-state index in [0.717, 1.165) is 24.4 Å². The Hall–Kier alpha value is -0.940. The van der Waals surface area contributed by atoms with Gasteiger partial charge in [-0.15, -0.1) is 0 Å². The average molecular weight is 242 g/mol. The number of aldehydes is 1. The number of hydrogen-bond acceptors (Lipinski definition) is 5. The van der Waals surface area contributed by atoms with E-state index in [0.29, 0.717) is 17.5 Å². The highest BCUT2D eigenvalue weighted by atomic mass is 32.1. The molecule has 0 aliphatic heterocycles. The molecule has 1 heterocycles. The first kappa shape index (κ1) is 13.1. The summed E-state index contributed by atoms with van der Waals surface area (Å²) in [5.41, 5.74) is 0. The van der Waals surface area contributed by atoms with Gasteiger partial charge in [0.15, 0.2) is 11.4 Å². The minimum absolute atomic E-state index is 0.404. The molecule has 1 atom stereocenters. The molecule has 0 aliphatic carbocycles. The molecule has 1 aromatic rings. The summed E-state index contributed by atoms with van der Waals surface area (Å²) in [5, 5.41) is 0.897. The molecule has 0 fully saturated rings. The van der Waals surface area contributed by atoms with Crippen LogP contribution in [-0.4, -0.2) is 37.6 Å². The lowest BCUT2D eigenvalue weighted by atomic mass is 10.2. The molecule has 0 N–H and O–H groups in total. The topological polar surface area (TPSA) is 42.4 Å². The summed E-state index contributed by atoms with van der Waals surface area (Å²) >= 11 is 1.43. The molecule has 16 heavy (non-hydrogen) atoms. The Balaban J connectivity index is 2.77. The van der Waals surface area contributed by atoms with Crippen LogP contribution in [0.1, 0.15) is 29.9 Å². The van der Waals surface area contributed by atoms with Crippen molar-refractivity contribution in [2.75, 3.05) is 25.2 Å². The van der Waals surface area contributed by atoms with Crippen molar-refractivity contribution in [3.05, 3.63) is 11.1 Å². The van der Waals surface area contributed by atoms with Gasteiger partial charge in [0.05, 0.1) is 17.7 Å². The molecule has 1 aromatic heterocycles. The first-order chi connectivity index (χ1) is 7.72. The third-order valence-corrected chi connectivity index (χ3v) is 3.49. The van der Waals surface area contributed by atoms with Crippen LogP contribution >= 0.6 is 11.3 Å². The zero-order chi connectivity index (χ0) is 12.0. The van der Waals surface area contributed by atoms with Gasteiger partial charge in [0, 0.05) is 19.7 Å². The van der Waals surface area contributed by atoms with Gasteiger partial charge < -0.3 is 9.64 Å². The normalized spacial score (nSPS) is 12.4. The molecule has 0 bridgehead atoms. The summed E-state index contributed by atoms with van der Waals surface area (Å²) in [5.74, 6) is 0. The van der Waals surface area contributed by atoms with E-state index in [1.165, 1.54) is 11.3 Å². The van der Waals surface area contributed by atoms with E-state index < -0.39 is 0 Å². The van der Waals surface area contributed by atoms with Gasteiger partial charge in [0.2, 0.25) is 0 Å². The van der Waals surface area contributed by atoms with Gasteiger partial charge in [-0.25, -0.2) is 4.98 Å². The van der Waals surface area contributed by atoms with Crippen LogP contribution in [-0.2, 0) is 4.74 Å². The Morgan fingerprint density at radius 2 is 2.44 bits per heavy atom. The molecule has 0 aromatic carbocycles. The SMILES string of the molecule is CCC(C)N(CCOC)c1ncc(C=O)s1. The van der Waals surface area contributed by atoms with Crippen LogP contribution < -0.4 is 4.90 Å². The van der Waals surface area contributed by atoms with Crippen molar-refractivity contribution in [1.82, 2.24) is 4.98 Å². The zero-order valence-electron chi connectivity index (χ0n) is 9.97. The molecule has 0 amide bonds. The standard InChI is InChI=1S/C11H18N2O2S/c1-4-9(2)13(5-6-15-3)11-12-7-10(8-14)16-11/h7-9H,4-6H2,1-3H3. The zero-order valence-corrected chi connectivity index (χ0v) is 10.8. The summed E-state index contributed by atoms with van der Waals surface area (Å²) in [4.78, 5) is 17.7. The number of anilines is 1.